The van der Waals surface area contributed by atoms with E-state index in [4.69, 9.17) is 8.53 Å². The summed E-state index contributed by atoms with van der Waals surface area (Å²) in [4.78, 5) is 0. The van der Waals surface area contributed by atoms with Crippen LogP contribution in [0, 0.1) is 0 Å². The van der Waals surface area contributed by atoms with Crippen LogP contribution in [-0.4, -0.2) is 20.8 Å². The molecule has 0 radical (unpaired) electrons. The smallest absolute Gasteiger partial charge is 0.463 e. The van der Waals surface area contributed by atoms with E-state index in [9.17, 15) is 0 Å². The summed E-state index contributed by atoms with van der Waals surface area (Å²) in [6, 6.07) is 9.82. The predicted octanol–water partition coefficient (Wildman–Crippen LogP) is 3.46. The molecule has 0 heterocycles. The van der Waals surface area contributed by atoms with Gasteiger partial charge in [-0.1, -0.05) is 42.6 Å². The van der Waals surface area contributed by atoms with Gasteiger partial charge in [0.1, 0.15) is 5.75 Å². The average Bonchev–Trinajstić information content (AvgIpc) is 2.27. The number of hydrogen-bond acceptors (Lipinski definition) is 2. The topological polar surface area (TPSA) is 18.5 Å². The molecule has 3 heteroatoms. The van der Waals surface area contributed by atoms with Gasteiger partial charge < -0.3 is 8.53 Å². The van der Waals surface area contributed by atoms with E-state index >= 15 is 0 Å². The lowest BCUT2D eigenvalue weighted by atomic mass is 10.3. The summed E-state index contributed by atoms with van der Waals surface area (Å²) < 4.78 is 11.5. The molecule has 1 rings (SSSR count). The molecule has 1 aromatic carbocycles. The monoisotopic (exact) mass is 222 g/mol. The van der Waals surface area contributed by atoms with Crippen molar-refractivity contribution in [3.05, 3.63) is 30.3 Å². The average molecular weight is 222 g/mol. The van der Waals surface area contributed by atoms with E-state index in [0.29, 0.717) is 0 Å². The second-order valence-corrected chi connectivity index (χ2v) is 6.72. The van der Waals surface area contributed by atoms with Crippen LogP contribution in [0.15, 0.2) is 30.3 Å². The lowest BCUT2D eigenvalue weighted by Gasteiger charge is -2.19. The van der Waals surface area contributed by atoms with Gasteiger partial charge in [-0.2, -0.15) is 0 Å². The molecule has 1 unspecified atom stereocenters. The van der Waals surface area contributed by atoms with Crippen molar-refractivity contribution in [3.63, 3.8) is 0 Å². The van der Waals surface area contributed by atoms with Crippen molar-refractivity contribution in [1.82, 2.24) is 0 Å². The lowest BCUT2D eigenvalue weighted by molar-refractivity contribution is 0.0193. The maximum atomic E-state index is 5.87. The number of hydrogen-bond donors (Lipinski definition) is 0. The third-order valence-corrected chi connectivity index (χ3v) is 4.93. The Morgan fingerprint density at radius 2 is 1.73 bits per heavy atom. The number of ether oxygens (including phenoxy) is 1. The largest absolute Gasteiger partial charge is 0.469 e. The molecule has 0 spiro atoms. The first kappa shape index (κ1) is 12.6. The van der Waals surface area contributed by atoms with Gasteiger partial charge in [0.25, 0.3) is 0 Å². The minimum atomic E-state index is -1.02. The molecule has 1 atom stereocenters. The molecule has 0 bridgehead atoms. The van der Waals surface area contributed by atoms with Crippen molar-refractivity contribution >= 4 is 14.5 Å². The maximum Gasteiger partial charge on any atom is 0.463 e. The number of para-hydroxylation sites is 1. The van der Waals surface area contributed by atoms with Crippen LogP contribution in [0.4, 0.5) is 0 Å². The van der Waals surface area contributed by atoms with E-state index in [2.05, 4.69) is 13.8 Å². The van der Waals surface area contributed by atoms with Crippen molar-refractivity contribution in [3.8, 4) is 5.75 Å². The second kappa shape index (κ2) is 6.90. The molecule has 2 nitrogen and oxygen atoms in total. The molecular formula is C12H19AlO2. The fourth-order valence-corrected chi connectivity index (χ4v) is 3.03. The normalized spacial score (nSPS) is 12.2. The summed E-state index contributed by atoms with van der Waals surface area (Å²) in [6.45, 7) is 6.35. The molecule has 1 aromatic rings. The van der Waals surface area contributed by atoms with E-state index in [1.807, 2.05) is 37.3 Å². The Bertz CT molecular complexity index is 260. The lowest BCUT2D eigenvalue weighted by Crippen LogP contribution is -2.26. The Kier molecular flexibility index (Phi) is 5.79. The van der Waals surface area contributed by atoms with Gasteiger partial charge in [0.2, 0.25) is 0 Å². The van der Waals surface area contributed by atoms with Crippen LogP contribution in [0.1, 0.15) is 20.8 Å². The zero-order chi connectivity index (χ0) is 11.1. The standard InChI is InChI=1S/C8H9O2.2C2H5.Al/c1-7(9)10-8-5-3-2-4-6-8;2*1-2;/h2-7H,1H3;2*1H2,2H3;/q-1;;;+1. The first-order valence-corrected chi connectivity index (χ1v) is 7.73. The highest BCUT2D eigenvalue weighted by molar-refractivity contribution is 6.51. The summed E-state index contributed by atoms with van der Waals surface area (Å²) >= 11 is -1.02. The maximum absolute atomic E-state index is 5.87. The second-order valence-electron chi connectivity index (χ2n) is 3.57. The van der Waals surface area contributed by atoms with Crippen molar-refractivity contribution in [2.24, 2.45) is 0 Å². The van der Waals surface area contributed by atoms with Crippen LogP contribution in [-0.2, 0) is 3.79 Å². The van der Waals surface area contributed by atoms with E-state index in [1.165, 1.54) is 10.6 Å². The van der Waals surface area contributed by atoms with Gasteiger partial charge in [-0.3, -0.25) is 0 Å². The van der Waals surface area contributed by atoms with Gasteiger partial charge in [-0.05, 0) is 19.1 Å². The zero-order valence-corrected chi connectivity index (χ0v) is 10.9. The van der Waals surface area contributed by atoms with Crippen LogP contribution < -0.4 is 4.74 Å². The molecule has 0 amide bonds. The van der Waals surface area contributed by atoms with E-state index in [0.717, 1.165) is 5.75 Å². The summed E-state index contributed by atoms with van der Waals surface area (Å²) in [7, 11) is 0. The van der Waals surface area contributed by atoms with Crippen LogP contribution in [0.5, 0.6) is 5.75 Å². The van der Waals surface area contributed by atoms with Crippen LogP contribution in [0.2, 0.25) is 10.6 Å². The van der Waals surface area contributed by atoms with Gasteiger partial charge >= 0.3 is 14.5 Å². The van der Waals surface area contributed by atoms with Crippen molar-refractivity contribution < 1.29 is 8.53 Å². The van der Waals surface area contributed by atoms with Crippen molar-refractivity contribution in [2.75, 3.05) is 0 Å². The fraction of sp³-hybridized carbons (Fsp3) is 0.500. The van der Waals surface area contributed by atoms with Crippen LogP contribution in [0.3, 0.4) is 0 Å². The minimum absolute atomic E-state index is 0.121. The fourth-order valence-electron chi connectivity index (χ4n) is 1.47. The Labute approximate surface area is 96.9 Å². The Morgan fingerprint density at radius 1 is 1.13 bits per heavy atom. The van der Waals surface area contributed by atoms with Crippen LogP contribution in [0.25, 0.3) is 0 Å². The molecule has 0 aromatic heterocycles. The molecule has 0 aliphatic heterocycles. The van der Waals surface area contributed by atoms with E-state index < -0.39 is 14.5 Å². The molecule has 82 valence electrons. The molecule has 0 fully saturated rings. The first-order chi connectivity index (χ1) is 7.26. The molecule has 15 heavy (non-hydrogen) atoms. The SMILES string of the molecule is C[CH2][Al]([CH2]C)[O]C(C)Oc1ccccc1. The molecule has 0 saturated carbocycles. The van der Waals surface area contributed by atoms with Crippen molar-refractivity contribution in [1.29, 1.82) is 0 Å². The predicted molar refractivity (Wildman–Crippen MR) is 64.3 cm³/mol. The van der Waals surface area contributed by atoms with E-state index in [1.54, 1.807) is 0 Å². The number of benzene rings is 1. The summed E-state index contributed by atoms with van der Waals surface area (Å²) in [6.07, 6.45) is -0.121. The van der Waals surface area contributed by atoms with Crippen molar-refractivity contribution in [2.45, 2.75) is 37.6 Å². The summed E-state index contributed by atoms with van der Waals surface area (Å²) in [5.41, 5.74) is 0. The molecule has 0 aliphatic rings. The summed E-state index contributed by atoms with van der Waals surface area (Å²) in [5, 5.41) is 2.33. The van der Waals surface area contributed by atoms with Gasteiger partial charge in [0.15, 0.2) is 6.29 Å². The minimum Gasteiger partial charge on any atom is -0.469 e. The van der Waals surface area contributed by atoms with Gasteiger partial charge in [-0.25, -0.2) is 0 Å². The zero-order valence-electron chi connectivity index (χ0n) is 9.77. The Morgan fingerprint density at radius 3 is 2.27 bits per heavy atom. The Balaban J connectivity index is 2.39. The third kappa shape index (κ3) is 4.70. The number of rotatable bonds is 6. The highest BCUT2D eigenvalue weighted by Gasteiger charge is 2.18. The highest BCUT2D eigenvalue weighted by Crippen LogP contribution is 2.13. The Hall–Kier alpha value is -0.488. The van der Waals surface area contributed by atoms with Gasteiger partial charge in [0, 0.05) is 0 Å². The molecule has 0 N–H and O–H groups in total. The van der Waals surface area contributed by atoms with Gasteiger partial charge in [-0.15, -0.1) is 0 Å². The highest BCUT2D eigenvalue weighted by atomic mass is 27.2. The third-order valence-electron chi connectivity index (χ3n) is 2.34. The quantitative estimate of drug-likeness (QED) is 0.542. The summed E-state index contributed by atoms with van der Waals surface area (Å²) in [5.74, 6) is 0.880. The molecular weight excluding hydrogens is 203 g/mol. The first-order valence-electron chi connectivity index (χ1n) is 5.63. The van der Waals surface area contributed by atoms with E-state index in [-0.39, 0.29) is 6.29 Å². The molecule has 0 aliphatic carbocycles. The van der Waals surface area contributed by atoms with Crippen LogP contribution >= 0.6 is 0 Å². The van der Waals surface area contributed by atoms with Gasteiger partial charge in [0.05, 0.1) is 0 Å². The molecule has 0 saturated heterocycles.